The second-order valence-corrected chi connectivity index (χ2v) is 16.7. The minimum Gasteiger partial charge on any atom is -0.462 e. The van der Waals surface area contributed by atoms with Crippen LogP contribution in [0.3, 0.4) is 0 Å². The Kier molecular flexibility index (Phi) is 45.9. The van der Waals surface area contributed by atoms with E-state index in [2.05, 4.69) is 69.4 Å². The van der Waals surface area contributed by atoms with Gasteiger partial charge in [-0.1, -0.05) is 198 Å². The maximum absolute atomic E-state index is 12.7. The van der Waals surface area contributed by atoms with E-state index in [1.165, 1.54) is 116 Å². The predicted molar refractivity (Wildman–Crippen MR) is 252 cm³/mol. The molecule has 0 heterocycles. The SMILES string of the molecule is CCCCC/C=C\C/C=C\CCCCCCCC(=O)OC(COC(=O)CCCCCCCCCC)COC(=O)CCCCCCCCC/C=C\C/C=C\CCCCCC. The molecule has 0 aliphatic heterocycles. The van der Waals surface area contributed by atoms with E-state index in [4.69, 9.17) is 14.2 Å². The van der Waals surface area contributed by atoms with Crippen LogP contribution in [-0.2, 0) is 28.6 Å². The molecule has 0 saturated heterocycles. The van der Waals surface area contributed by atoms with Crippen molar-refractivity contribution in [3.63, 3.8) is 0 Å². The van der Waals surface area contributed by atoms with Crippen LogP contribution >= 0.6 is 0 Å². The number of hydrogen-bond donors (Lipinski definition) is 0. The van der Waals surface area contributed by atoms with Crippen molar-refractivity contribution in [2.24, 2.45) is 0 Å². The number of ether oxygens (including phenoxy) is 3. The van der Waals surface area contributed by atoms with Gasteiger partial charge >= 0.3 is 17.9 Å². The van der Waals surface area contributed by atoms with Crippen LogP contribution in [0, 0.1) is 0 Å². The smallest absolute Gasteiger partial charge is 0.306 e. The van der Waals surface area contributed by atoms with Crippen LogP contribution in [-0.4, -0.2) is 37.2 Å². The molecule has 6 heteroatoms. The first-order chi connectivity index (χ1) is 29.0. The van der Waals surface area contributed by atoms with Gasteiger partial charge in [0.25, 0.3) is 0 Å². The Bertz CT molecular complexity index is 1040. The zero-order valence-electron chi connectivity index (χ0n) is 39.0. The number of hydrogen-bond acceptors (Lipinski definition) is 6. The van der Waals surface area contributed by atoms with Crippen LogP contribution in [0.1, 0.15) is 252 Å². The molecule has 342 valence electrons. The third kappa shape index (κ3) is 46.3. The van der Waals surface area contributed by atoms with E-state index >= 15 is 0 Å². The van der Waals surface area contributed by atoms with Crippen molar-refractivity contribution in [2.45, 2.75) is 258 Å². The van der Waals surface area contributed by atoms with Gasteiger partial charge in [0.15, 0.2) is 6.10 Å². The highest BCUT2D eigenvalue weighted by atomic mass is 16.6. The molecule has 0 aliphatic rings. The lowest BCUT2D eigenvalue weighted by Crippen LogP contribution is -2.30. The van der Waals surface area contributed by atoms with Crippen LogP contribution in [0.5, 0.6) is 0 Å². The summed E-state index contributed by atoms with van der Waals surface area (Å²) in [6.07, 6.45) is 56.7. The van der Waals surface area contributed by atoms with E-state index in [0.717, 1.165) is 96.3 Å². The summed E-state index contributed by atoms with van der Waals surface area (Å²) in [5, 5.41) is 0. The van der Waals surface area contributed by atoms with Crippen LogP contribution < -0.4 is 0 Å². The molecular weight excluding hydrogens is 733 g/mol. The summed E-state index contributed by atoms with van der Waals surface area (Å²) in [5.74, 6) is -0.902. The Labute approximate surface area is 365 Å². The van der Waals surface area contributed by atoms with Crippen molar-refractivity contribution < 1.29 is 28.6 Å². The molecule has 0 amide bonds. The highest BCUT2D eigenvalue weighted by Gasteiger charge is 2.19. The van der Waals surface area contributed by atoms with Crippen molar-refractivity contribution in [1.29, 1.82) is 0 Å². The summed E-state index contributed by atoms with van der Waals surface area (Å²) < 4.78 is 16.7. The molecule has 59 heavy (non-hydrogen) atoms. The van der Waals surface area contributed by atoms with Crippen LogP contribution in [0.4, 0.5) is 0 Å². The summed E-state index contributed by atoms with van der Waals surface area (Å²) in [6, 6.07) is 0. The highest BCUT2D eigenvalue weighted by molar-refractivity contribution is 5.71. The molecule has 1 atom stereocenters. The van der Waals surface area contributed by atoms with Crippen LogP contribution in [0.2, 0.25) is 0 Å². The quantitative estimate of drug-likeness (QED) is 0.0263. The molecular formula is C53H94O6. The van der Waals surface area contributed by atoms with Gasteiger partial charge in [0, 0.05) is 19.3 Å². The standard InChI is InChI=1S/C53H94O6/c1-4-7-10-13-16-19-21-23-25-26-27-29-30-32-34-37-40-43-46-52(55)58-49-50(48-57-51(54)45-42-39-36-18-15-12-9-6-3)59-53(56)47-44-41-38-35-33-31-28-24-22-20-17-14-11-8-5-2/h17,19-21,24-26,28,50H,4-16,18,22-23,27,29-49H2,1-3H3/b20-17-,21-19-,26-25-,28-24-. The summed E-state index contributed by atoms with van der Waals surface area (Å²) in [4.78, 5) is 37.8. The third-order valence-corrected chi connectivity index (χ3v) is 10.8. The molecule has 0 bridgehead atoms. The number of rotatable bonds is 45. The third-order valence-electron chi connectivity index (χ3n) is 10.8. The molecule has 0 N–H and O–H groups in total. The second kappa shape index (κ2) is 48.0. The van der Waals surface area contributed by atoms with E-state index in [9.17, 15) is 14.4 Å². The van der Waals surface area contributed by atoms with E-state index in [1.54, 1.807) is 0 Å². The zero-order chi connectivity index (χ0) is 43.0. The van der Waals surface area contributed by atoms with Gasteiger partial charge in [-0.2, -0.15) is 0 Å². The van der Waals surface area contributed by atoms with Crippen molar-refractivity contribution in [2.75, 3.05) is 13.2 Å². The maximum Gasteiger partial charge on any atom is 0.306 e. The Morgan fingerprint density at radius 2 is 0.610 bits per heavy atom. The molecule has 1 unspecified atom stereocenters. The minimum absolute atomic E-state index is 0.0803. The molecule has 0 radical (unpaired) electrons. The number of unbranched alkanes of at least 4 members (excludes halogenated alkanes) is 26. The van der Waals surface area contributed by atoms with Crippen LogP contribution in [0.15, 0.2) is 48.6 Å². The average molecular weight is 827 g/mol. The topological polar surface area (TPSA) is 78.9 Å². The van der Waals surface area contributed by atoms with Gasteiger partial charge in [-0.05, 0) is 83.5 Å². The first-order valence-electron chi connectivity index (χ1n) is 25.1. The van der Waals surface area contributed by atoms with Gasteiger partial charge < -0.3 is 14.2 Å². The lowest BCUT2D eigenvalue weighted by molar-refractivity contribution is -0.167. The van der Waals surface area contributed by atoms with Crippen molar-refractivity contribution in [3.05, 3.63) is 48.6 Å². The fourth-order valence-corrected chi connectivity index (χ4v) is 6.97. The average Bonchev–Trinajstić information content (AvgIpc) is 3.23. The molecule has 0 aliphatic carbocycles. The summed E-state index contributed by atoms with van der Waals surface area (Å²) in [7, 11) is 0. The Morgan fingerprint density at radius 3 is 0.983 bits per heavy atom. The van der Waals surface area contributed by atoms with Gasteiger partial charge in [-0.25, -0.2) is 0 Å². The van der Waals surface area contributed by atoms with E-state index in [0.29, 0.717) is 19.3 Å². The van der Waals surface area contributed by atoms with Crippen molar-refractivity contribution >= 4 is 17.9 Å². The van der Waals surface area contributed by atoms with Crippen molar-refractivity contribution in [3.8, 4) is 0 Å². The largest absolute Gasteiger partial charge is 0.462 e. The van der Waals surface area contributed by atoms with E-state index in [1.807, 2.05) is 0 Å². The Balaban J connectivity index is 4.32. The lowest BCUT2D eigenvalue weighted by Gasteiger charge is -2.18. The Hall–Kier alpha value is -2.63. The maximum atomic E-state index is 12.7. The normalized spacial score (nSPS) is 12.4. The number of carbonyl (C=O) groups is 3. The van der Waals surface area contributed by atoms with Crippen molar-refractivity contribution in [1.82, 2.24) is 0 Å². The van der Waals surface area contributed by atoms with E-state index < -0.39 is 6.10 Å². The van der Waals surface area contributed by atoms with Crippen LogP contribution in [0.25, 0.3) is 0 Å². The zero-order valence-corrected chi connectivity index (χ0v) is 39.0. The second-order valence-electron chi connectivity index (χ2n) is 16.7. The molecule has 0 spiro atoms. The van der Waals surface area contributed by atoms with Gasteiger partial charge in [0.2, 0.25) is 0 Å². The van der Waals surface area contributed by atoms with E-state index in [-0.39, 0.29) is 31.1 Å². The number of allylic oxidation sites excluding steroid dienone is 8. The molecule has 0 aromatic heterocycles. The summed E-state index contributed by atoms with van der Waals surface area (Å²) >= 11 is 0. The lowest BCUT2D eigenvalue weighted by atomic mass is 10.1. The summed E-state index contributed by atoms with van der Waals surface area (Å²) in [5.41, 5.74) is 0. The number of esters is 3. The summed E-state index contributed by atoms with van der Waals surface area (Å²) in [6.45, 7) is 6.55. The fourth-order valence-electron chi connectivity index (χ4n) is 6.97. The monoisotopic (exact) mass is 827 g/mol. The van der Waals surface area contributed by atoms with Gasteiger partial charge in [-0.3, -0.25) is 14.4 Å². The van der Waals surface area contributed by atoms with Gasteiger partial charge in [0.05, 0.1) is 0 Å². The fraction of sp³-hybridized carbons (Fsp3) is 0.792. The molecule has 0 rings (SSSR count). The van der Waals surface area contributed by atoms with Gasteiger partial charge in [0.1, 0.15) is 13.2 Å². The molecule has 6 nitrogen and oxygen atoms in total. The number of carbonyl (C=O) groups excluding carboxylic acids is 3. The molecule has 0 aromatic rings. The predicted octanol–water partition coefficient (Wildman–Crippen LogP) is 16.3. The Morgan fingerprint density at radius 1 is 0.339 bits per heavy atom. The molecule has 0 fully saturated rings. The molecule has 0 saturated carbocycles. The minimum atomic E-state index is -0.779. The first kappa shape index (κ1) is 56.4. The van der Waals surface area contributed by atoms with Gasteiger partial charge in [-0.15, -0.1) is 0 Å². The first-order valence-corrected chi connectivity index (χ1v) is 25.1. The molecule has 0 aromatic carbocycles. The highest BCUT2D eigenvalue weighted by Crippen LogP contribution is 2.14.